The molecule has 0 fully saturated rings. The molecule has 6 heteroatoms. The van der Waals surface area contributed by atoms with Crippen molar-refractivity contribution >= 4 is 28.8 Å². The number of hydrogen-bond donors (Lipinski definition) is 2. The van der Waals surface area contributed by atoms with E-state index in [2.05, 4.69) is 45.9 Å². The lowest BCUT2D eigenvalue weighted by atomic mass is 9.98. The van der Waals surface area contributed by atoms with E-state index in [9.17, 15) is 9.59 Å². The number of aryl methyl sites for hydroxylation is 1. The van der Waals surface area contributed by atoms with Crippen molar-refractivity contribution in [3.8, 4) is 0 Å². The van der Waals surface area contributed by atoms with E-state index in [0.29, 0.717) is 12.2 Å². The van der Waals surface area contributed by atoms with Crippen molar-refractivity contribution in [3.63, 3.8) is 0 Å². The molecule has 2 aromatic carbocycles. The average Bonchev–Trinajstić information content (AvgIpc) is 3.28. The van der Waals surface area contributed by atoms with Crippen LogP contribution in [0.15, 0.2) is 66.0 Å². The minimum absolute atomic E-state index is 0.0362. The molecule has 154 valence electrons. The van der Waals surface area contributed by atoms with Crippen molar-refractivity contribution in [2.45, 2.75) is 25.9 Å². The summed E-state index contributed by atoms with van der Waals surface area (Å²) in [7, 11) is 0. The molecule has 0 bridgehead atoms. The summed E-state index contributed by atoms with van der Waals surface area (Å²) in [5.41, 5.74) is 4.36. The van der Waals surface area contributed by atoms with Gasteiger partial charge in [-0.2, -0.15) is 0 Å². The van der Waals surface area contributed by atoms with Gasteiger partial charge in [0.1, 0.15) is 0 Å². The number of thiophene rings is 1. The summed E-state index contributed by atoms with van der Waals surface area (Å²) in [6.07, 6.45) is 0.986. The van der Waals surface area contributed by atoms with Crippen molar-refractivity contribution in [2.24, 2.45) is 0 Å². The molecule has 1 aliphatic heterocycles. The van der Waals surface area contributed by atoms with E-state index in [1.807, 2.05) is 36.6 Å². The maximum absolute atomic E-state index is 12.4. The molecule has 4 rings (SSSR count). The summed E-state index contributed by atoms with van der Waals surface area (Å²) in [5, 5.41) is 7.56. The number of carbonyl (C=O) groups excluding carboxylic acids is 2. The summed E-state index contributed by atoms with van der Waals surface area (Å²) in [4.78, 5) is 28.3. The Morgan fingerprint density at radius 3 is 2.63 bits per heavy atom. The molecule has 1 atom stereocenters. The molecule has 1 aromatic heterocycles. The van der Waals surface area contributed by atoms with E-state index < -0.39 is 11.8 Å². The average molecular weight is 420 g/mol. The van der Waals surface area contributed by atoms with Gasteiger partial charge in [0.15, 0.2) is 0 Å². The Morgan fingerprint density at radius 1 is 1.03 bits per heavy atom. The predicted octanol–water partition coefficient (Wildman–Crippen LogP) is 3.91. The number of nitrogens with zero attached hydrogens (tertiary/aromatic N) is 1. The third-order valence-corrected chi connectivity index (χ3v) is 6.38. The first kappa shape index (κ1) is 20.3. The smallest absolute Gasteiger partial charge is 0.313 e. The number of rotatable bonds is 5. The first-order valence-electron chi connectivity index (χ1n) is 10.1. The number of fused-ring (bicyclic) bond motifs is 1. The van der Waals surface area contributed by atoms with Crippen LogP contribution in [0, 0.1) is 6.92 Å². The summed E-state index contributed by atoms with van der Waals surface area (Å²) in [6.45, 7) is 4.09. The Balaban J connectivity index is 1.42. The van der Waals surface area contributed by atoms with Gasteiger partial charge in [-0.1, -0.05) is 42.5 Å². The van der Waals surface area contributed by atoms with Crippen molar-refractivity contribution in [1.82, 2.24) is 10.2 Å². The second-order valence-corrected chi connectivity index (χ2v) is 8.53. The quantitative estimate of drug-likeness (QED) is 0.617. The fraction of sp³-hybridized carbons (Fsp3) is 0.250. The number of hydrogen-bond acceptors (Lipinski definition) is 4. The fourth-order valence-corrected chi connectivity index (χ4v) is 4.72. The summed E-state index contributed by atoms with van der Waals surface area (Å²) in [5.74, 6) is -1.26. The van der Waals surface area contributed by atoms with E-state index in [4.69, 9.17) is 0 Å². The van der Waals surface area contributed by atoms with E-state index in [1.165, 1.54) is 16.0 Å². The molecule has 0 radical (unpaired) electrons. The van der Waals surface area contributed by atoms with Crippen molar-refractivity contribution in [3.05, 3.63) is 87.6 Å². The fourth-order valence-electron chi connectivity index (χ4n) is 3.85. The highest BCUT2D eigenvalue weighted by Crippen LogP contribution is 2.30. The normalized spacial score (nSPS) is 14.6. The van der Waals surface area contributed by atoms with Gasteiger partial charge in [0, 0.05) is 30.2 Å². The van der Waals surface area contributed by atoms with Gasteiger partial charge in [0.2, 0.25) is 0 Å². The maximum atomic E-state index is 12.4. The highest BCUT2D eigenvalue weighted by Gasteiger charge is 2.26. The Labute approximate surface area is 180 Å². The van der Waals surface area contributed by atoms with Crippen LogP contribution in [0.25, 0.3) is 0 Å². The Hall–Kier alpha value is -2.96. The number of amides is 2. The molecule has 0 spiro atoms. The number of nitrogens with one attached hydrogen (secondary N) is 2. The van der Waals surface area contributed by atoms with Gasteiger partial charge in [-0.15, -0.1) is 11.3 Å². The topological polar surface area (TPSA) is 61.4 Å². The van der Waals surface area contributed by atoms with Crippen LogP contribution >= 0.6 is 11.3 Å². The molecule has 2 N–H and O–H groups in total. The summed E-state index contributed by atoms with van der Waals surface area (Å²) < 4.78 is 0. The number of anilines is 1. The van der Waals surface area contributed by atoms with Crippen molar-refractivity contribution in [1.29, 1.82) is 0 Å². The minimum Gasteiger partial charge on any atom is -0.346 e. The summed E-state index contributed by atoms with van der Waals surface area (Å²) in [6, 6.07) is 20.1. The van der Waals surface area contributed by atoms with Crippen LogP contribution in [0.2, 0.25) is 0 Å². The molecule has 2 heterocycles. The highest BCUT2D eigenvalue weighted by molar-refractivity contribution is 7.10. The van der Waals surface area contributed by atoms with Crippen LogP contribution in [0.5, 0.6) is 0 Å². The standard InChI is InChI=1S/C24H25N3O2S/c1-17-6-4-9-20(14-17)26-24(29)23(28)25-15-21(22-10-5-13-30-22)27-12-11-18-7-2-3-8-19(18)16-27/h2-10,13-14,21H,11-12,15-16H2,1H3,(H,25,28)(H,26,29). The Morgan fingerprint density at radius 2 is 1.87 bits per heavy atom. The lowest BCUT2D eigenvalue weighted by Crippen LogP contribution is -2.43. The number of benzene rings is 2. The molecule has 2 amide bonds. The molecule has 3 aromatic rings. The SMILES string of the molecule is Cc1cccc(NC(=O)C(=O)NCC(c2cccs2)N2CCc3ccccc3C2)c1. The van der Waals surface area contributed by atoms with E-state index in [-0.39, 0.29) is 6.04 Å². The molecular formula is C24H25N3O2S. The lowest BCUT2D eigenvalue weighted by molar-refractivity contribution is -0.136. The molecule has 1 unspecified atom stereocenters. The minimum atomic E-state index is -0.644. The lowest BCUT2D eigenvalue weighted by Gasteiger charge is -2.35. The Bertz CT molecular complexity index is 1030. The summed E-state index contributed by atoms with van der Waals surface area (Å²) >= 11 is 1.68. The van der Waals surface area contributed by atoms with Crippen LogP contribution in [0.3, 0.4) is 0 Å². The van der Waals surface area contributed by atoms with E-state index in [1.54, 1.807) is 17.4 Å². The zero-order valence-electron chi connectivity index (χ0n) is 16.9. The highest BCUT2D eigenvalue weighted by atomic mass is 32.1. The van der Waals surface area contributed by atoms with Gasteiger partial charge in [-0.05, 0) is 53.6 Å². The molecule has 0 aliphatic carbocycles. The van der Waals surface area contributed by atoms with Gasteiger partial charge in [0.05, 0.1) is 6.04 Å². The van der Waals surface area contributed by atoms with Crippen LogP contribution in [-0.2, 0) is 22.6 Å². The molecular weight excluding hydrogens is 394 g/mol. The van der Waals surface area contributed by atoms with Gasteiger partial charge in [0.25, 0.3) is 0 Å². The zero-order chi connectivity index (χ0) is 20.9. The second kappa shape index (κ2) is 9.24. The number of carbonyl (C=O) groups is 2. The van der Waals surface area contributed by atoms with Gasteiger partial charge in [-0.3, -0.25) is 14.5 Å². The maximum Gasteiger partial charge on any atom is 0.313 e. The van der Waals surface area contributed by atoms with Gasteiger partial charge in [-0.25, -0.2) is 0 Å². The molecule has 1 aliphatic rings. The van der Waals surface area contributed by atoms with Gasteiger partial charge >= 0.3 is 11.8 Å². The molecule has 5 nitrogen and oxygen atoms in total. The molecule has 30 heavy (non-hydrogen) atoms. The first-order chi connectivity index (χ1) is 14.6. The van der Waals surface area contributed by atoms with Crippen molar-refractivity contribution in [2.75, 3.05) is 18.4 Å². The zero-order valence-corrected chi connectivity index (χ0v) is 17.7. The van der Waals surface area contributed by atoms with Crippen LogP contribution in [0.1, 0.15) is 27.6 Å². The molecule has 0 saturated heterocycles. The first-order valence-corrected chi connectivity index (χ1v) is 11.0. The monoisotopic (exact) mass is 419 g/mol. The second-order valence-electron chi connectivity index (χ2n) is 7.55. The van der Waals surface area contributed by atoms with Gasteiger partial charge < -0.3 is 10.6 Å². The third-order valence-electron chi connectivity index (χ3n) is 5.41. The van der Waals surface area contributed by atoms with Crippen molar-refractivity contribution < 1.29 is 9.59 Å². The van der Waals surface area contributed by atoms with E-state index >= 15 is 0 Å². The van der Waals surface area contributed by atoms with Crippen LogP contribution in [-0.4, -0.2) is 29.8 Å². The Kier molecular flexibility index (Phi) is 6.26. The largest absolute Gasteiger partial charge is 0.346 e. The molecule has 0 saturated carbocycles. The van der Waals surface area contributed by atoms with Crippen LogP contribution < -0.4 is 10.6 Å². The van der Waals surface area contributed by atoms with Crippen LogP contribution in [0.4, 0.5) is 5.69 Å². The van der Waals surface area contributed by atoms with E-state index in [0.717, 1.165) is 25.1 Å². The third kappa shape index (κ3) is 4.78. The predicted molar refractivity (Wildman–Crippen MR) is 120 cm³/mol.